The fourth-order valence-corrected chi connectivity index (χ4v) is 5.07. The minimum absolute atomic E-state index is 0.00201. The van der Waals surface area contributed by atoms with Gasteiger partial charge in [0.25, 0.3) is 0 Å². The van der Waals surface area contributed by atoms with Gasteiger partial charge in [0.2, 0.25) is 5.91 Å². The maximum atomic E-state index is 13.3. The number of morpholine rings is 1. The van der Waals surface area contributed by atoms with E-state index in [1.54, 1.807) is 17.1 Å². The largest absolute Gasteiger partial charge is 0.379 e. The Labute approximate surface area is 175 Å². The molecule has 5 nitrogen and oxygen atoms in total. The van der Waals surface area contributed by atoms with Crippen LogP contribution in [0.15, 0.2) is 29.5 Å². The Morgan fingerprint density at radius 3 is 2.50 bits per heavy atom. The second-order valence-electron chi connectivity index (χ2n) is 8.50. The van der Waals surface area contributed by atoms with Crippen molar-refractivity contribution in [1.82, 2.24) is 10.0 Å². The molecule has 1 unspecified atom stereocenters. The van der Waals surface area contributed by atoms with Crippen molar-refractivity contribution < 1.29 is 14.3 Å². The summed E-state index contributed by atoms with van der Waals surface area (Å²) in [5.41, 5.74) is 2.17. The average molecular weight is 423 g/mol. The summed E-state index contributed by atoms with van der Waals surface area (Å²) < 4.78 is 5.45. The van der Waals surface area contributed by atoms with Gasteiger partial charge in [-0.05, 0) is 29.5 Å². The highest BCUT2D eigenvalue weighted by Gasteiger charge is 2.46. The molecule has 0 aromatic heterocycles. The van der Waals surface area contributed by atoms with Crippen molar-refractivity contribution in [2.45, 2.75) is 39.0 Å². The number of amides is 1. The third-order valence-corrected chi connectivity index (χ3v) is 6.29. The number of allylic oxidation sites excluding steroid dienone is 2. The maximum absolute atomic E-state index is 13.3. The van der Waals surface area contributed by atoms with Gasteiger partial charge >= 0.3 is 0 Å². The van der Waals surface area contributed by atoms with Gasteiger partial charge in [0.15, 0.2) is 5.78 Å². The maximum Gasteiger partial charge on any atom is 0.242 e. The van der Waals surface area contributed by atoms with Crippen LogP contribution in [0.3, 0.4) is 0 Å². The fourth-order valence-electron chi connectivity index (χ4n) is 4.53. The number of ketones is 1. The predicted octanol–water partition coefficient (Wildman–Crippen LogP) is 4.20. The molecule has 1 atom stereocenters. The lowest BCUT2D eigenvalue weighted by molar-refractivity contribution is -0.154. The molecule has 1 saturated heterocycles. The Hall–Kier alpha value is -1.40. The molecule has 4 rings (SSSR count). The van der Waals surface area contributed by atoms with Gasteiger partial charge in [-0.2, -0.15) is 0 Å². The van der Waals surface area contributed by atoms with E-state index in [1.807, 2.05) is 11.1 Å². The number of hydrazine groups is 1. The van der Waals surface area contributed by atoms with Crippen molar-refractivity contribution in [3.8, 4) is 0 Å². The van der Waals surface area contributed by atoms with E-state index in [1.165, 1.54) is 0 Å². The molecule has 1 aromatic rings. The first-order valence-corrected chi connectivity index (χ1v) is 10.4. The molecular weight excluding hydrogens is 399 g/mol. The zero-order valence-corrected chi connectivity index (χ0v) is 17.6. The first-order valence-electron chi connectivity index (χ1n) is 9.63. The van der Waals surface area contributed by atoms with Gasteiger partial charge in [-0.3, -0.25) is 9.59 Å². The van der Waals surface area contributed by atoms with Crippen LogP contribution in [0.2, 0.25) is 10.0 Å². The van der Waals surface area contributed by atoms with Crippen LogP contribution in [0.1, 0.15) is 44.6 Å². The van der Waals surface area contributed by atoms with Gasteiger partial charge in [-0.25, -0.2) is 10.0 Å². The van der Waals surface area contributed by atoms with Gasteiger partial charge in [-0.15, -0.1) is 0 Å². The zero-order chi connectivity index (χ0) is 20.1. The van der Waals surface area contributed by atoms with E-state index >= 15 is 0 Å². The first kappa shape index (κ1) is 19.9. The standard InChI is InChI=1S/C21H24Cl2N2O3/c1-21(2)11-17-20(18(26)12-21)15(14-4-3-13(22)9-16(14)23)10-19(27)25(17)24-5-7-28-8-6-24/h3-4,9,15H,5-8,10-12H2,1-2H3. The molecule has 3 aliphatic rings. The topological polar surface area (TPSA) is 49.9 Å². The SMILES string of the molecule is CC1(C)CC(=O)C2=C(C1)N(N1CCOCC1)C(=O)CC2c1ccc(Cl)cc1Cl. The Morgan fingerprint density at radius 2 is 1.82 bits per heavy atom. The number of nitrogens with zero attached hydrogens (tertiary/aromatic N) is 2. The molecule has 150 valence electrons. The molecule has 7 heteroatoms. The van der Waals surface area contributed by atoms with E-state index in [0.29, 0.717) is 49.2 Å². The number of halogens is 2. The lowest BCUT2D eigenvalue weighted by Gasteiger charge is -2.47. The molecule has 0 bridgehead atoms. The van der Waals surface area contributed by atoms with Crippen molar-refractivity contribution in [3.63, 3.8) is 0 Å². The Bertz CT molecular complexity index is 859. The Morgan fingerprint density at radius 1 is 1.11 bits per heavy atom. The number of carbonyl (C=O) groups excluding carboxylic acids is 2. The summed E-state index contributed by atoms with van der Waals surface area (Å²) in [7, 11) is 0. The summed E-state index contributed by atoms with van der Waals surface area (Å²) in [5, 5.41) is 4.82. The van der Waals surface area contributed by atoms with Crippen molar-refractivity contribution >= 4 is 34.9 Å². The van der Waals surface area contributed by atoms with Crippen LogP contribution in [-0.2, 0) is 14.3 Å². The van der Waals surface area contributed by atoms with E-state index in [4.69, 9.17) is 27.9 Å². The second-order valence-corrected chi connectivity index (χ2v) is 9.34. The highest BCUT2D eigenvalue weighted by Crippen LogP contribution is 2.48. The van der Waals surface area contributed by atoms with E-state index in [2.05, 4.69) is 13.8 Å². The van der Waals surface area contributed by atoms with Crippen molar-refractivity contribution in [2.75, 3.05) is 26.3 Å². The molecule has 1 amide bonds. The van der Waals surface area contributed by atoms with Crippen LogP contribution in [-0.4, -0.2) is 48.0 Å². The fraction of sp³-hybridized carbons (Fsp3) is 0.524. The molecular formula is C21H24Cl2N2O3. The predicted molar refractivity (Wildman–Crippen MR) is 108 cm³/mol. The highest BCUT2D eigenvalue weighted by atomic mass is 35.5. The molecule has 0 saturated carbocycles. The molecule has 2 heterocycles. The van der Waals surface area contributed by atoms with Crippen molar-refractivity contribution in [3.05, 3.63) is 45.1 Å². The van der Waals surface area contributed by atoms with E-state index in [9.17, 15) is 9.59 Å². The van der Waals surface area contributed by atoms with Gasteiger partial charge < -0.3 is 4.74 Å². The number of rotatable bonds is 2. The normalized spacial score (nSPS) is 25.9. The third-order valence-electron chi connectivity index (χ3n) is 5.72. The molecule has 1 aromatic carbocycles. The number of hydrogen-bond donors (Lipinski definition) is 0. The quantitative estimate of drug-likeness (QED) is 0.716. The summed E-state index contributed by atoms with van der Waals surface area (Å²) in [4.78, 5) is 26.5. The zero-order valence-electron chi connectivity index (χ0n) is 16.1. The molecule has 1 aliphatic carbocycles. The summed E-state index contributed by atoms with van der Waals surface area (Å²) in [6.45, 7) is 6.60. The number of Topliss-reactive ketones (excluding diaryl/α,β-unsaturated/α-hetero) is 1. The molecule has 0 N–H and O–H groups in total. The monoisotopic (exact) mass is 422 g/mol. The molecule has 0 radical (unpaired) electrons. The minimum Gasteiger partial charge on any atom is -0.379 e. The lowest BCUT2D eigenvalue weighted by Crippen LogP contribution is -2.55. The lowest BCUT2D eigenvalue weighted by atomic mass is 9.69. The third kappa shape index (κ3) is 3.61. The number of hydrogen-bond acceptors (Lipinski definition) is 4. The van der Waals surface area contributed by atoms with Gasteiger partial charge in [0.05, 0.1) is 13.2 Å². The van der Waals surface area contributed by atoms with E-state index in [-0.39, 0.29) is 29.4 Å². The smallest absolute Gasteiger partial charge is 0.242 e. The molecule has 1 fully saturated rings. The van der Waals surface area contributed by atoms with Gasteiger partial charge in [0, 0.05) is 53.2 Å². The average Bonchev–Trinajstić information content (AvgIpc) is 2.60. The minimum atomic E-state index is -0.326. The number of ether oxygens (including phenoxy) is 1. The molecule has 0 spiro atoms. The molecule has 28 heavy (non-hydrogen) atoms. The van der Waals surface area contributed by atoms with Crippen LogP contribution >= 0.6 is 23.2 Å². The summed E-state index contributed by atoms with van der Waals surface area (Å²) in [5.74, 6) is -0.219. The summed E-state index contributed by atoms with van der Waals surface area (Å²) >= 11 is 12.5. The number of carbonyl (C=O) groups is 2. The first-order chi connectivity index (χ1) is 13.3. The second kappa shape index (κ2) is 7.45. The Kier molecular flexibility index (Phi) is 5.29. The highest BCUT2D eigenvalue weighted by molar-refractivity contribution is 6.35. The van der Waals surface area contributed by atoms with E-state index < -0.39 is 0 Å². The van der Waals surface area contributed by atoms with Crippen LogP contribution in [0.25, 0.3) is 0 Å². The number of benzene rings is 1. The van der Waals surface area contributed by atoms with Crippen molar-refractivity contribution in [2.24, 2.45) is 5.41 Å². The van der Waals surface area contributed by atoms with Crippen molar-refractivity contribution in [1.29, 1.82) is 0 Å². The molecule has 2 aliphatic heterocycles. The van der Waals surface area contributed by atoms with Crippen LogP contribution in [0.5, 0.6) is 0 Å². The van der Waals surface area contributed by atoms with Gasteiger partial charge in [0.1, 0.15) is 0 Å². The van der Waals surface area contributed by atoms with Gasteiger partial charge in [-0.1, -0.05) is 43.1 Å². The summed E-state index contributed by atoms with van der Waals surface area (Å²) in [6.07, 6.45) is 1.38. The van der Waals surface area contributed by atoms with Crippen LogP contribution in [0.4, 0.5) is 0 Å². The Balaban J connectivity index is 1.84. The summed E-state index contributed by atoms with van der Waals surface area (Å²) in [6, 6.07) is 5.28. The van der Waals surface area contributed by atoms with Crippen LogP contribution < -0.4 is 0 Å². The van der Waals surface area contributed by atoms with Crippen LogP contribution in [0, 0.1) is 5.41 Å². The van der Waals surface area contributed by atoms with E-state index in [0.717, 1.165) is 16.8 Å².